The molecule has 0 saturated heterocycles. The highest BCUT2D eigenvalue weighted by Crippen LogP contribution is 2.28. The molecule has 0 aliphatic heterocycles. The first kappa shape index (κ1) is 18.5. The molecule has 8 nitrogen and oxygen atoms in total. The fourth-order valence-electron chi connectivity index (χ4n) is 1.97. The summed E-state index contributed by atoms with van der Waals surface area (Å²) in [5.41, 5.74) is -0.174. The second kappa shape index (κ2) is 8.34. The molecule has 2 rings (SSSR count). The normalized spacial score (nSPS) is 11.6. The third kappa shape index (κ3) is 4.83. The molecule has 1 heterocycles. The maximum atomic E-state index is 12.1. The molecule has 25 heavy (non-hydrogen) atoms. The van der Waals surface area contributed by atoms with Crippen LogP contribution in [0.3, 0.4) is 0 Å². The fourth-order valence-corrected chi connectivity index (χ4v) is 2.52. The van der Waals surface area contributed by atoms with E-state index in [9.17, 15) is 19.7 Å². The molecule has 0 unspecified atom stereocenters. The Bertz CT molecular complexity index is 775. The first-order valence-corrected chi connectivity index (χ1v) is 8.48. The van der Waals surface area contributed by atoms with Crippen LogP contribution < -0.4 is 5.32 Å². The summed E-state index contributed by atoms with van der Waals surface area (Å²) >= 11 is 1.20. The lowest BCUT2D eigenvalue weighted by Gasteiger charge is -2.13. The predicted molar refractivity (Wildman–Crippen MR) is 90.3 cm³/mol. The first-order valence-electron chi connectivity index (χ1n) is 7.26. The number of benzene rings is 1. The van der Waals surface area contributed by atoms with Crippen LogP contribution in [0.25, 0.3) is 0 Å². The van der Waals surface area contributed by atoms with Crippen molar-refractivity contribution in [1.29, 1.82) is 0 Å². The maximum Gasteiger partial charge on any atom is 0.339 e. The average Bonchev–Trinajstić information content (AvgIpc) is 3.12. The maximum absolute atomic E-state index is 12.1. The number of esters is 1. The Hall–Kier alpha value is -2.81. The summed E-state index contributed by atoms with van der Waals surface area (Å²) in [6.45, 7) is 1.58. The molecule has 0 aliphatic carbocycles. The van der Waals surface area contributed by atoms with Crippen molar-refractivity contribution in [3.8, 4) is 0 Å². The van der Waals surface area contributed by atoms with Crippen molar-refractivity contribution in [3.05, 3.63) is 58.0 Å². The molecule has 0 radical (unpaired) electrons. The topological polar surface area (TPSA) is 112 Å². The summed E-state index contributed by atoms with van der Waals surface area (Å²) in [4.78, 5) is 35.0. The van der Waals surface area contributed by atoms with E-state index in [1.165, 1.54) is 37.1 Å². The van der Waals surface area contributed by atoms with Crippen LogP contribution in [0.4, 0.5) is 5.69 Å². The van der Waals surface area contributed by atoms with Gasteiger partial charge in [0.25, 0.3) is 11.6 Å². The van der Waals surface area contributed by atoms with Crippen LogP contribution in [0, 0.1) is 10.1 Å². The van der Waals surface area contributed by atoms with Crippen molar-refractivity contribution in [2.75, 3.05) is 6.26 Å². The third-order valence-electron chi connectivity index (χ3n) is 3.28. The lowest BCUT2D eigenvalue weighted by Crippen LogP contribution is -2.35. The van der Waals surface area contributed by atoms with Gasteiger partial charge in [-0.2, -0.15) is 0 Å². The summed E-state index contributed by atoms with van der Waals surface area (Å²) in [5.74, 6) is -0.744. The average molecular weight is 364 g/mol. The lowest BCUT2D eigenvalue weighted by molar-refractivity contribution is -0.387. The van der Waals surface area contributed by atoms with Crippen LogP contribution >= 0.6 is 11.8 Å². The highest BCUT2D eigenvalue weighted by molar-refractivity contribution is 7.98. The van der Waals surface area contributed by atoms with Crippen LogP contribution in [0.2, 0.25) is 0 Å². The van der Waals surface area contributed by atoms with Gasteiger partial charge < -0.3 is 14.5 Å². The number of nitro benzene ring substituents is 1. The van der Waals surface area contributed by atoms with Crippen molar-refractivity contribution < 1.29 is 23.7 Å². The SMILES string of the molecule is CSc1ccc(C(=O)O[C@H](C)C(=O)NCc2ccco2)cc1[N+](=O)[O-]. The molecule has 132 valence electrons. The number of nitro groups is 1. The van der Waals surface area contributed by atoms with Gasteiger partial charge in [0.15, 0.2) is 6.10 Å². The minimum absolute atomic E-state index is 0.00943. The number of hydrogen-bond donors (Lipinski definition) is 1. The van der Waals surface area contributed by atoms with E-state index in [1.54, 1.807) is 18.4 Å². The van der Waals surface area contributed by atoms with E-state index in [1.807, 2.05) is 0 Å². The summed E-state index contributed by atoms with van der Waals surface area (Å²) in [5, 5.41) is 13.6. The number of rotatable bonds is 7. The molecule has 0 aliphatic rings. The third-order valence-corrected chi connectivity index (χ3v) is 4.07. The van der Waals surface area contributed by atoms with Crippen molar-refractivity contribution in [1.82, 2.24) is 5.32 Å². The molecule has 1 aromatic heterocycles. The Morgan fingerprint density at radius 3 is 2.76 bits per heavy atom. The van der Waals surface area contributed by atoms with Gasteiger partial charge in [0, 0.05) is 6.07 Å². The number of thioether (sulfide) groups is 1. The first-order chi connectivity index (χ1) is 11.9. The number of nitrogens with zero attached hydrogens (tertiary/aromatic N) is 1. The minimum Gasteiger partial charge on any atom is -0.467 e. The summed E-state index contributed by atoms with van der Waals surface area (Å²) in [7, 11) is 0. The van der Waals surface area contributed by atoms with Crippen molar-refractivity contribution in [3.63, 3.8) is 0 Å². The zero-order valence-electron chi connectivity index (χ0n) is 13.6. The molecule has 1 amide bonds. The van der Waals surface area contributed by atoms with Gasteiger partial charge in [-0.05, 0) is 37.4 Å². The predicted octanol–water partition coefficient (Wildman–Crippen LogP) is 2.77. The van der Waals surface area contributed by atoms with Crippen LogP contribution in [0.15, 0.2) is 45.9 Å². The van der Waals surface area contributed by atoms with Gasteiger partial charge in [-0.25, -0.2) is 4.79 Å². The monoisotopic (exact) mass is 364 g/mol. The molecular weight excluding hydrogens is 348 g/mol. The second-order valence-electron chi connectivity index (χ2n) is 4.99. The van der Waals surface area contributed by atoms with E-state index >= 15 is 0 Å². The Morgan fingerprint density at radius 2 is 2.16 bits per heavy atom. The number of ether oxygens (including phenoxy) is 1. The van der Waals surface area contributed by atoms with Crippen LogP contribution in [-0.4, -0.2) is 29.2 Å². The largest absolute Gasteiger partial charge is 0.467 e. The smallest absolute Gasteiger partial charge is 0.339 e. The number of hydrogen-bond acceptors (Lipinski definition) is 7. The number of carbonyl (C=O) groups excluding carboxylic acids is 2. The molecular formula is C16H16N2O6S. The zero-order chi connectivity index (χ0) is 18.4. The van der Waals surface area contributed by atoms with Crippen molar-refractivity contribution >= 4 is 29.3 Å². The highest BCUT2D eigenvalue weighted by Gasteiger charge is 2.22. The Morgan fingerprint density at radius 1 is 1.40 bits per heavy atom. The quantitative estimate of drug-likeness (QED) is 0.348. The molecule has 1 atom stereocenters. The Kier molecular flexibility index (Phi) is 6.18. The molecule has 0 fully saturated rings. The Balaban J connectivity index is 1.99. The van der Waals surface area contributed by atoms with Crippen LogP contribution in [0.1, 0.15) is 23.0 Å². The zero-order valence-corrected chi connectivity index (χ0v) is 14.4. The van der Waals surface area contributed by atoms with E-state index in [0.29, 0.717) is 10.7 Å². The highest BCUT2D eigenvalue weighted by atomic mass is 32.2. The van der Waals surface area contributed by atoms with E-state index in [0.717, 1.165) is 6.07 Å². The van der Waals surface area contributed by atoms with E-state index < -0.39 is 22.9 Å². The molecule has 0 bridgehead atoms. The van der Waals surface area contributed by atoms with Crippen molar-refractivity contribution in [2.45, 2.75) is 24.5 Å². The van der Waals surface area contributed by atoms with Gasteiger partial charge in [-0.3, -0.25) is 14.9 Å². The van der Waals surface area contributed by atoms with E-state index in [2.05, 4.69) is 5.32 Å². The van der Waals surface area contributed by atoms with Crippen LogP contribution in [0.5, 0.6) is 0 Å². The van der Waals surface area contributed by atoms with Crippen molar-refractivity contribution in [2.24, 2.45) is 0 Å². The van der Waals surface area contributed by atoms with Gasteiger partial charge in [0.1, 0.15) is 5.76 Å². The lowest BCUT2D eigenvalue weighted by atomic mass is 10.2. The number of carbonyl (C=O) groups is 2. The van der Waals surface area contributed by atoms with E-state index in [-0.39, 0.29) is 17.8 Å². The molecule has 1 aromatic carbocycles. The number of nitrogens with one attached hydrogen (secondary N) is 1. The molecule has 0 saturated carbocycles. The fraction of sp³-hybridized carbons (Fsp3) is 0.250. The Labute approximate surface area is 147 Å². The van der Waals surface area contributed by atoms with Gasteiger partial charge in [0.2, 0.25) is 0 Å². The molecule has 9 heteroatoms. The van der Waals surface area contributed by atoms with Crippen LogP contribution in [-0.2, 0) is 16.1 Å². The number of furan rings is 1. The standard InChI is InChI=1S/C16H16N2O6S/c1-10(15(19)17-9-12-4-3-7-23-12)24-16(20)11-5-6-14(25-2)13(8-11)18(21)22/h3-8,10H,9H2,1-2H3,(H,17,19)/t10-/m1/s1. The summed E-state index contributed by atoms with van der Waals surface area (Å²) in [6, 6.07) is 7.43. The van der Waals surface area contributed by atoms with Gasteiger partial charge in [-0.1, -0.05) is 0 Å². The number of amides is 1. The molecule has 2 aromatic rings. The minimum atomic E-state index is -1.05. The van der Waals surface area contributed by atoms with Gasteiger partial charge in [0.05, 0.1) is 28.2 Å². The summed E-state index contributed by atoms with van der Waals surface area (Å²) < 4.78 is 10.1. The van der Waals surface area contributed by atoms with Gasteiger partial charge in [-0.15, -0.1) is 11.8 Å². The molecule has 0 spiro atoms. The molecule has 1 N–H and O–H groups in total. The van der Waals surface area contributed by atoms with E-state index in [4.69, 9.17) is 9.15 Å². The van der Waals surface area contributed by atoms with Gasteiger partial charge >= 0.3 is 5.97 Å². The second-order valence-corrected chi connectivity index (χ2v) is 5.84. The summed E-state index contributed by atoms with van der Waals surface area (Å²) in [6.07, 6.45) is 2.13.